The molecule has 1 N–H and O–H groups in total. The summed E-state index contributed by atoms with van der Waals surface area (Å²) in [4.78, 5) is 47.6. The van der Waals surface area contributed by atoms with Gasteiger partial charge in [-0.15, -0.1) is 0 Å². The molecule has 1 aromatic carbocycles. The van der Waals surface area contributed by atoms with Gasteiger partial charge in [0, 0.05) is 42.6 Å². The van der Waals surface area contributed by atoms with Gasteiger partial charge in [-0.2, -0.15) is 11.8 Å². The fraction of sp³-hybridized carbons (Fsp3) is 0.500. The number of rotatable bonds is 8. The van der Waals surface area contributed by atoms with Crippen LogP contribution in [0.3, 0.4) is 0 Å². The Morgan fingerprint density at radius 2 is 2.03 bits per heavy atom. The SMILES string of the molecule is CNC(=O)OCCS[C@H]1CC2CC(=O)N2[C@H]1C(=O)OCc1ccc([N+](=O)[O-])cc1. The smallest absolute Gasteiger partial charge is 0.406 e. The first-order chi connectivity index (χ1) is 13.9. The van der Waals surface area contributed by atoms with Gasteiger partial charge in [0.15, 0.2) is 0 Å². The number of benzene rings is 1. The minimum atomic E-state index is -0.677. The summed E-state index contributed by atoms with van der Waals surface area (Å²) in [7, 11) is 1.47. The maximum atomic E-state index is 12.7. The van der Waals surface area contributed by atoms with Crippen LogP contribution in [0.1, 0.15) is 18.4 Å². The largest absolute Gasteiger partial charge is 0.459 e. The zero-order chi connectivity index (χ0) is 21.0. The van der Waals surface area contributed by atoms with Crippen LogP contribution >= 0.6 is 11.8 Å². The summed E-state index contributed by atoms with van der Waals surface area (Å²) in [6.45, 7) is 0.168. The van der Waals surface area contributed by atoms with Gasteiger partial charge in [-0.3, -0.25) is 14.9 Å². The van der Waals surface area contributed by atoms with Crippen LogP contribution in [0.2, 0.25) is 0 Å². The topological polar surface area (TPSA) is 128 Å². The van der Waals surface area contributed by atoms with Gasteiger partial charge in [-0.1, -0.05) is 0 Å². The highest BCUT2D eigenvalue weighted by Gasteiger charge is 2.54. The number of non-ortho nitro benzene ring substituents is 1. The molecule has 3 rings (SSSR count). The number of fused-ring (bicyclic) bond motifs is 1. The number of carbonyl (C=O) groups excluding carboxylic acids is 3. The second-order valence-electron chi connectivity index (χ2n) is 6.67. The lowest BCUT2D eigenvalue weighted by molar-refractivity contribution is -0.384. The minimum absolute atomic E-state index is 0.0306. The van der Waals surface area contributed by atoms with Crippen molar-refractivity contribution >= 4 is 35.4 Å². The Morgan fingerprint density at radius 3 is 2.66 bits per heavy atom. The maximum absolute atomic E-state index is 12.7. The highest BCUT2D eigenvalue weighted by atomic mass is 32.2. The highest BCUT2D eigenvalue weighted by Crippen LogP contribution is 2.41. The van der Waals surface area contributed by atoms with Crippen molar-refractivity contribution in [1.29, 1.82) is 0 Å². The summed E-state index contributed by atoms with van der Waals surface area (Å²) in [5.74, 6) is -0.0699. The van der Waals surface area contributed by atoms with E-state index in [4.69, 9.17) is 9.47 Å². The van der Waals surface area contributed by atoms with Gasteiger partial charge < -0.3 is 19.7 Å². The van der Waals surface area contributed by atoms with Crippen LogP contribution in [0.15, 0.2) is 24.3 Å². The molecule has 2 heterocycles. The summed E-state index contributed by atoms with van der Waals surface area (Å²) in [5.41, 5.74) is 0.580. The normalized spacial score (nSPS) is 22.4. The third kappa shape index (κ3) is 4.78. The molecule has 2 aliphatic rings. The first kappa shape index (κ1) is 20.9. The van der Waals surface area contributed by atoms with E-state index in [9.17, 15) is 24.5 Å². The van der Waals surface area contributed by atoms with Gasteiger partial charge in [0.25, 0.3) is 5.69 Å². The highest BCUT2D eigenvalue weighted by molar-refractivity contribution is 8.00. The molecule has 0 bridgehead atoms. The van der Waals surface area contributed by atoms with Crippen LogP contribution in [0.5, 0.6) is 0 Å². The second kappa shape index (κ2) is 9.12. The average Bonchev–Trinajstić information content (AvgIpc) is 3.01. The lowest BCUT2D eigenvalue weighted by atomic mass is 10.0. The predicted molar refractivity (Wildman–Crippen MR) is 103 cm³/mol. The van der Waals surface area contributed by atoms with Gasteiger partial charge in [0.2, 0.25) is 5.91 Å². The molecule has 1 aromatic rings. The number of carbonyl (C=O) groups is 3. The number of hydrogen-bond acceptors (Lipinski definition) is 8. The van der Waals surface area contributed by atoms with E-state index in [1.165, 1.54) is 43.1 Å². The monoisotopic (exact) mass is 423 g/mol. The molecular weight excluding hydrogens is 402 g/mol. The Balaban J connectivity index is 1.55. The van der Waals surface area contributed by atoms with Crippen LogP contribution in [-0.4, -0.2) is 64.5 Å². The molecule has 10 nitrogen and oxygen atoms in total. The van der Waals surface area contributed by atoms with Crippen molar-refractivity contribution in [2.24, 2.45) is 0 Å². The number of amides is 2. The number of nitro groups is 1. The quantitative estimate of drug-likeness (QED) is 0.219. The van der Waals surface area contributed by atoms with Gasteiger partial charge >= 0.3 is 12.1 Å². The maximum Gasteiger partial charge on any atom is 0.406 e. The first-order valence-electron chi connectivity index (χ1n) is 9.08. The minimum Gasteiger partial charge on any atom is -0.459 e. The molecule has 3 atom stereocenters. The van der Waals surface area contributed by atoms with Crippen LogP contribution in [0, 0.1) is 10.1 Å². The molecule has 2 fully saturated rings. The number of alkyl carbamates (subject to hydrolysis) is 1. The lowest BCUT2D eigenvalue weighted by Gasteiger charge is -2.37. The van der Waals surface area contributed by atoms with E-state index < -0.39 is 23.0 Å². The number of nitrogens with zero attached hydrogens (tertiary/aromatic N) is 2. The van der Waals surface area contributed by atoms with Crippen LogP contribution in [0.25, 0.3) is 0 Å². The third-order valence-electron chi connectivity index (χ3n) is 4.87. The number of β-lactam (4-membered cyclic amide) rings is 1. The van der Waals surface area contributed by atoms with Crippen LogP contribution in [-0.2, 0) is 25.7 Å². The molecule has 2 amide bonds. The Kier molecular flexibility index (Phi) is 6.57. The van der Waals surface area contributed by atoms with Crippen molar-refractivity contribution in [2.75, 3.05) is 19.4 Å². The zero-order valence-electron chi connectivity index (χ0n) is 15.7. The number of nitro benzene ring substituents is 1. The van der Waals surface area contributed by atoms with Crippen molar-refractivity contribution < 1.29 is 28.8 Å². The molecule has 0 spiro atoms. The molecule has 29 heavy (non-hydrogen) atoms. The molecule has 156 valence electrons. The van der Waals surface area contributed by atoms with Gasteiger partial charge in [-0.25, -0.2) is 9.59 Å². The number of ether oxygens (including phenoxy) is 2. The summed E-state index contributed by atoms with van der Waals surface area (Å²) in [6, 6.07) is 5.11. The molecule has 0 aromatic heterocycles. The van der Waals surface area contributed by atoms with Crippen molar-refractivity contribution in [3.05, 3.63) is 39.9 Å². The molecule has 1 unspecified atom stereocenters. The van der Waals surface area contributed by atoms with Crippen LogP contribution < -0.4 is 5.32 Å². The molecule has 2 saturated heterocycles. The Hall–Kier alpha value is -2.82. The second-order valence-corrected chi connectivity index (χ2v) is 8.01. The van der Waals surface area contributed by atoms with Crippen molar-refractivity contribution in [3.63, 3.8) is 0 Å². The number of hydrogen-bond donors (Lipinski definition) is 1. The fourth-order valence-electron chi connectivity index (χ4n) is 3.44. The van der Waals surface area contributed by atoms with E-state index in [1.807, 2.05) is 0 Å². The first-order valence-corrected chi connectivity index (χ1v) is 10.1. The summed E-state index contributed by atoms with van der Waals surface area (Å²) in [5, 5.41) is 12.9. The predicted octanol–water partition coefficient (Wildman–Crippen LogP) is 1.47. The average molecular weight is 423 g/mol. The van der Waals surface area contributed by atoms with Crippen molar-refractivity contribution in [3.8, 4) is 0 Å². The van der Waals surface area contributed by atoms with Gasteiger partial charge in [0.05, 0.1) is 4.92 Å². The number of thioether (sulfide) groups is 1. The Labute approximate surface area is 171 Å². The zero-order valence-corrected chi connectivity index (χ0v) is 16.6. The number of esters is 1. The Morgan fingerprint density at radius 1 is 1.31 bits per heavy atom. The lowest BCUT2D eigenvalue weighted by Crippen LogP contribution is -2.55. The van der Waals surface area contributed by atoms with Crippen molar-refractivity contribution in [1.82, 2.24) is 10.2 Å². The molecule has 11 heteroatoms. The van der Waals surface area contributed by atoms with E-state index in [2.05, 4.69) is 5.32 Å². The summed E-state index contributed by atoms with van der Waals surface area (Å²) in [6.07, 6.45) is 0.598. The van der Waals surface area contributed by atoms with E-state index in [0.29, 0.717) is 24.2 Å². The van der Waals surface area contributed by atoms with E-state index in [0.717, 1.165) is 0 Å². The third-order valence-corrected chi connectivity index (χ3v) is 6.15. The molecule has 0 saturated carbocycles. The van der Waals surface area contributed by atoms with E-state index >= 15 is 0 Å². The molecule has 0 aliphatic carbocycles. The molecule has 0 radical (unpaired) electrons. The van der Waals surface area contributed by atoms with Crippen molar-refractivity contribution in [2.45, 2.75) is 36.8 Å². The van der Waals surface area contributed by atoms with Gasteiger partial charge in [-0.05, 0) is 24.1 Å². The molecule has 2 aliphatic heterocycles. The summed E-state index contributed by atoms with van der Waals surface area (Å²) >= 11 is 1.47. The van der Waals surface area contributed by atoms with Gasteiger partial charge in [0.1, 0.15) is 19.3 Å². The fourth-order valence-corrected chi connectivity index (χ4v) is 4.70. The standard InChI is InChI=1S/C18H21N3O7S/c1-19-18(24)27-6-7-29-14-8-13-9-15(22)20(13)16(14)17(23)28-10-11-2-4-12(5-3-11)21(25)26/h2-5,13-14,16H,6-10H2,1H3,(H,19,24)/t13?,14-,16+/m0/s1. The van der Waals surface area contributed by atoms with Crippen LogP contribution in [0.4, 0.5) is 10.5 Å². The molecular formula is C18H21N3O7S. The van der Waals surface area contributed by atoms with E-state index in [1.54, 1.807) is 4.90 Å². The van der Waals surface area contributed by atoms with E-state index in [-0.39, 0.29) is 36.1 Å². The summed E-state index contributed by atoms with van der Waals surface area (Å²) < 4.78 is 10.3. The number of nitrogens with one attached hydrogen (secondary N) is 1. The Bertz CT molecular complexity index is 801.